The zero-order valence-corrected chi connectivity index (χ0v) is 12.0. The summed E-state index contributed by atoms with van der Waals surface area (Å²) >= 11 is 0. The molecule has 3 fully saturated rings. The molecule has 2 saturated carbocycles. The largest absolute Gasteiger partial charge is 0.316 e. The first-order valence-electron chi connectivity index (χ1n) is 8.35. The van der Waals surface area contributed by atoms with Crippen molar-refractivity contribution in [3.05, 3.63) is 0 Å². The Balaban J connectivity index is 1.60. The smallest absolute Gasteiger partial charge is 0.0126 e. The Kier molecular flexibility index (Phi) is 4.25. The maximum Gasteiger partial charge on any atom is 0.0126 e. The highest BCUT2D eigenvalue weighted by atomic mass is 15.2. The molecular formula is C16H30N2. The average molecular weight is 250 g/mol. The molecule has 0 spiro atoms. The number of nitrogens with zero attached hydrogens (tertiary/aromatic N) is 1. The minimum absolute atomic E-state index is 0.928. The summed E-state index contributed by atoms with van der Waals surface area (Å²) in [7, 11) is 0. The Hall–Kier alpha value is -0.0800. The van der Waals surface area contributed by atoms with E-state index in [-0.39, 0.29) is 0 Å². The molecule has 0 aromatic rings. The molecule has 2 heteroatoms. The van der Waals surface area contributed by atoms with Crippen molar-refractivity contribution in [2.24, 2.45) is 11.8 Å². The van der Waals surface area contributed by atoms with Crippen LogP contribution in [0.3, 0.4) is 0 Å². The van der Waals surface area contributed by atoms with Gasteiger partial charge in [-0.25, -0.2) is 0 Å². The molecule has 1 saturated heterocycles. The fourth-order valence-electron chi connectivity index (χ4n) is 4.27. The molecule has 3 aliphatic rings. The van der Waals surface area contributed by atoms with E-state index in [0.29, 0.717) is 0 Å². The number of hydrogen-bond donors (Lipinski definition) is 1. The third-order valence-electron chi connectivity index (χ3n) is 5.45. The summed E-state index contributed by atoms with van der Waals surface area (Å²) in [6.45, 7) is 6.31. The summed E-state index contributed by atoms with van der Waals surface area (Å²) in [5.41, 5.74) is 0. The monoisotopic (exact) mass is 250 g/mol. The molecule has 0 aromatic heterocycles. The van der Waals surface area contributed by atoms with Crippen molar-refractivity contribution in [2.75, 3.05) is 19.6 Å². The SMILES string of the molecule is CCC1CCCC1N(CC1CCCNC1)C1CC1. The maximum absolute atomic E-state index is 3.59. The van der Waals surface area contributed by atoms with E-state index in [9.17, 15) is 0 Å². The van der Waals surface area contributed by atoms with Crippen molar-refractivity contribution in [1.29, 1.82) is 0 Å². The maximum atomic E-state index is 3.59. The second-order valence-electron chi connectivity index (χ2n) is 6.81. The zero-order valence-electron chi connectivity index (χ0n) is 12.0. The van der Waals surface area contributed by atoms with Crippen LogP contribution in [-0.2, 0) is 0 Å². The molecule has 3 rings (SSSR count). The molecule has 0 bridgehead atoms. The lowest BCUT2D eigenvalue weighted by Gasteiger charge is -2.37. The van der Waals surface area contributed by atoms with Gasteiger partial charge < -0.3 is 5.32 Å². The summed E-state index contributed by atoms with van der Waals surface area (Å²) in [5.74, 6) is 1.93. The number of rotatable bonds is 5. The van der Waals surface area contributed by atoms with Crippen LogP contribution in [0.5, 0.6) is 0 Å². The van der Waals surface area contributed by atoms with E-state index in [4.69, 9.17) is 0 Å². The highest BCUT2D eigenvalue weighted by molar-refractivity contribution is 4.94. The van der Waals surface area contributed by atoms with Crippen LogP contribution < -0.4 is 5.32 Å². The Bertz CT molecular complexity index is 256. The lowest BCUT2D eigenvalue weighted by Crippen LogP contribution is -2.45. The van der Waals surface area contributed by atoms with Gasteiger partial charge in [0.2, 0.25) is 0 Å². The molecule has 1 heterocycles. The number of nitrogens with one attached hydrogen (secondary N) is 1. The lowest BCUT2D eigenvalue weighted by atomic mass is 9.94. The van der Waals surface area contributed by atoms with Crippen LogP contribution in [0.25, 0.3) is 0 Å². The highest BCUT2D eigenvalue weighted by Crippen LogP contribution is 2.39. The first-order valence-corrected chi connectivity index (χ1v) is 8.35. The minimum atomic E-state index is 0.928. The van der Waals surface area contributed by atoms with E-state index in [1.807, 2.05) is 0 Å². The molecule has 2 nitrogen and oxygen atoms in total. The van der Waals surface area contributed by atoms with Crippen molar-refractivity contribution < 1.29 is 0 Å². The van der Waals surface area contributed by atoms with E-state index in [2.05, 4.69) is 17.1 Å². The van der Waals surface area contributed by atoms with Crippen molar-refractivity contribution in [3.8, 4) is 0 Å². The van der Waals surface area contributed by atoms with Gasteiger partial charge >= 0.3 is 0 Å². The summed E-state index contributed by atoms with van der Waals surface area (Å²) in [6, 6.07) is 1.90. The van der Waals surface area contributed by atoms with Gasteiger partial charge in [0.15, 0.2) is 0 Å². The molecule has 18 heavy (non-hydrogen) atoms. The Morgan fingerprint density at radius 2 is 1.94 bits per heavy atom. The first kappa shape index (κ1) is 12.9. The number of hydrogen-bond acceptors (Lipinski definition) is 2. The molecular weight excluding hydrogens is 220 g/mol. The zero-order chi connectivity index (χ0) is 12.4. The molecule has 0 amide bonds. The van der Waals surface area contributed by atoms with Crippen molar-refractivity contribution in [3.63, 3.8) is 0 Å². The third kappa shape index (κ3) is 2.91. The van der Waals surface area contributed by atoms with Crippen molar-refractivity contribution >= 4 is 0 Å². The predicted octanol–water partition coefficient (Wildman–Crippen LogP) is 3.03. The van der Waals surface area contributed by atoms with E-state index in [1.54, 1.807) is 0 Å². The standard InChI is InChI=1S/C16H30N2/c1-2-14-6-3-7-16(14)18(15-8-9-15)12-13-5-4-10-17-11-13/h13-17H,2-12H2,1H3. The Morgan fingerprint density at radius 1 is 1.06 bits per heavy atom. The summed E-state index contributed by atoms with van der Waals surface area (Å²) in [4.78, 5) is 2.94. The second kappa shape index (κ2) is 5.92. The fourth-order valence-corrected chi connectivity index (χ4v) is 4.27. The van der Waals surface area contributed by atoms with Crippen molar-refractivity contribution in [2.45, 2.75) is 70.4 Å². The number of piperidine rings is 1. The van der Waals surface area contributed by atoms with Crippen LogP contribution >= 0.6 is 0 Å². The molecule has 104 valence electrons. The van der Waals surface area contributed by atoms with Gasteiger partial charge in [-0.3, -0.25) is 4.90 Å². The third-order valence-corrected chi connectivity index (χ3v) is 5.45. The van der Waals surface area contributed by atoms with Gasteiger partial charge in [-0.1, -0.05) is 19.8 Å². The van der Waals surface area contributed by atoms with Gasteiger partial charge in [-0.05, 0) is 63.5 Å². The fraction of sp³-hybridized carbons (Fsp3) is 1.00. The van der Waals surface area contributed by atoms with Gasteiger partial charge in [0, 0.05) is 18.6 Å². The molecule has 3 atom stereocenters. The van der Waals surface area contributed by atoms with E-state index in [0.717, 1.165) is 23.9 Å². The summed E-state index contributed by atoms with van der Waals surface area (Å²) < 4.78 is 0. The van der Waals surface area contributed by atoms with E-state index >= 15 is 0 Å². The van der Waals surface area contributed by atoms with Gasteiger partial charge in [0.1, 0.15) is 0 Å². The highest BCUT2D eigenvalue weighted by Gasteiger charge is 2.39. The van der Waals surface area contributed by atoms with Crippen LogP contribution in [0.4, 0.5) is 0 Å². The Morgan fingerprint density at radius 3 is 2.61 bits per heavy atom. The van der Waals surface area contributed by atoms with Crippen molar-refractivity contribution in [1.82, 2.24) is 10.2 Å². The second-order valence-corrected chi connectivity index (χ2v) is 6.81. The first-order chi connectivity index (χ1) is 8.88. The molecule has 1 aliphatic heterocycles. The summed E-state index contributed by atoms with van der Waals surface area (Å²) in [5, 5.41) is 3.59. The molecule has 0 radical (unpaired) electrons. The van der Waals surface area contributed by atoms with E-state index in [1.165, 1.54) is 71.0 Å². The van der Waals surface area contributed by atoms with Crippen LogP contribution in [-0.4, -0.2) is 36.6 Å². The average Bonchev–Trinajstić information content (AvgIpc) is 3.14. The molecule has 0 aromatic carbocycles. The predicted molar refractivity (Wildman–Crippen MR) is 76.7 cm³/mol. The summed E-state index contributed by atoms with van der Waals surface area (Å²) in [6.07, 6.45) is 11.7. The molecule has 3 unspecified atom stereocenters. The Labute approximate surface area is 113 Å². The molecule has 2 aliphatic carbocycles. The van der Waals surface area contributed by atoms with Gasteiger partial charge in [-0.2, -0.15) is 0 Å². The van der Waals surface area contributed by atoms with Gasteiger partial charge in [-0.15, -0.1) is 0 Å². The van der Waals surface area contributed by atoms with E-state index < -0.39 is 0 Å². The van der Waals surface area contributed by atoms with Crippen LogP contribution in [0.15, 0.2) is 0 Å². The van der Waals surface area contributed by atoms with Gasteiger partial charge in [0.25, 0.3) is 0 Å². The minimum Gasteiger partial charge on any atom is -0.316 e. The van der Waals surface area contributed by atoms with Crippen LogP contribution in [0, 0.1) is 11.8 Å². The molecule has 1 N–H and O–H groups in total. The normalized spacial score (nSPS) is 37.3. The van der Waals surface area contributed by atoms with Gasteiger partial charge in [0.05, 0.1) is 0 Å². The quantitative estimate of drug-likeness (QED) is 0.807. The topological polar surface area (TPSA) is 15.3 Å². The lowest BCUT2D eigenvalue weighted by molar-refractivity contribution is 0.116. The van der Waals surface area contributed by atoms with Crippen LogP contribution in [0.2, 0.25) is 0 Å². The van der Waals surface area contributed by atoms with Crippen LogP contribution in [0.1, 0.15) is 58.3 Å².